The Kier molecular flexibility index (Phi) is 8.40. The predicted molar refractivity (Wildman–Crippen MR) is 108 cm³/mol. The van der Waals surface area contributed by atoms with E-state index >= 15 is 0 Å². The maximum Gasteiger partial charge on any atom is 0.223 e. The van der Waals surface area contributed by atoms with Gasteiger partial charge in [-0.1, -0.05) is 50.7 Å². The van der Waals surface area contributed by atoms with Crippen LogP contribution in [0.4, 0.5) is 4.39 Å². The summed E-state index contributed by atoms with van der Waals surface area (Å²) < 4.78 is 13.3. The first-order chi connectivity index (χ1) is 11.7. The first kappa shape index (κ1) is 20.9. The lowest BCUT2D eigenvalue weighted by Crippen LogP contribution is -2.53. The van der Waals surface area contributed by atoms with E-state index in [1.807, 2.05) is 12.1 Å². The van der Waals surface area contributed by atoms with Crippen molar-refractivity contribution < 1.29 is 9.19 Å². The molecule has 25 heavy (non-hydrogen) atoms. The molecule has 1 atom stereocenters. The van der Waals surface area contributed by atoms with Crippen molar-refractivity contribution in [1.29, 1.82) is 0 Å². The zero-order valence-corrected chi connectivity index (χ0v) is 17.1. The summed E-state index contributed by atoms with van der Waals surface area (Å²) in [5, 5.41) is 1.05. The molecule has 1 saturated carbocycles. The van der Waals surface area contributed by atoms with Crippen molar-refractivity contribution >= 4 is 25.9 Å². The predicted octanol–water partition coefficient (Wildman–Crippen LogP) is 4.60. The van der Waals surface area contributed by atoms with Crippen LogP contribution in [-0.4, -0.2) is 37.6 Å². The molecule has 2 fully saturated rings. The summed E-state index contributed by atoms with van der Waals surface area (Å²) in [5.74, 6) is -0.202. The summed E-state index contributed by atoms with van der Waals surface area (Å²) in [4.78, 5) is 14.3. The van der Waals surface area contributed by atoms with Crippen LogP contribution in [0.15, 0.2) is 24.3 Å². The van der Waals surface area contributed by atoms with E-state index in [0.29, 0.717) is 5.54 Å². The summed E-state index contributed by atoms with van der Waals surface area (Å²) >= 11 is 0. The number of piperidine rings is 1. The fraction of sp³-hybridized carbons (Fsp3) is 0.700. The summed E-state index contributed by atoms with van der Waals surface area (Å²) in [6.07, 6.45) is 11.2. The van der Waals surface area contributed by atoms with Gasteiger partial charge in [0, 0.05) is 0 Å². The molecule has 0 aromatic heterocycles. The molecule has 2 nitrogen and oxygen atoms in total. The average molecular weight is 386 g/mol. The lowest BCUT2D eigenvalue weighted by atomic mass is 10.0. The zero-order chi connectivity index (χ0) is 16.8. The van der Waals surface area contributed by atoms with Crippen LogP contribution in [0.1, 0.15) is 57.8 Å². The van der Waals surface area contributed by atoms with Crippen molar-refractivity contribution in [3.8, 4) is 0 Å². The van der Waals surface area contributed by atoms with Crippen molar-refractivity contribution in [2.75, 3.05) is 19.6 Å². The second-order valence-electron chi connectivity index (χ2n) is 7.77. The molecule has 1 unspecified atom stereocenters. The number of nitrogens with zero attached hydrogens (tertiary/aromatic N) is 1. The Hall–Kier alpha value is -0.423. The molecule has 0 spiro atoms. The molecule has 0 radical (unpaired) electrons. The van der Waals surface area contributed by atoms with E-state index in [1.54, 1.807) is 0 Å². The second kappa shape index (κ2) is 10.1. The van der Waals surface area contributed by atoms with Gasteiger partial charge in [-0.25, -0.2) is 4.39 Å². The number of benzene rings is 1. The lowest BCUT2D eigenvalue weighted by molar-refractivity contribution is 0.228. The van der Waals surface area contributed by atoms with Crippen LogP contribution in [0.5, 0.6) is 0 Å². The van der Waals surface area contributed by atoms with Gasteiger partial charge in [0.15, 0.2) is 0 Å². The van der Waals surface area contributed by atoms with Gasteiger partial charge in [0.1, 0.15) is 5.82 Å². The normalized spacial score (nSPS) is 22.2. The van der Waals surface area contributed by atoms with Crippen molar-refractivity contribution in [3.63, 3.8) is 0 Å². The van der Waals surface area contributed by atoms with Gasteiger partial charge in [-0.05, 0) is 67.8 Å². The molecule has 1 heterocycles. The Morgan fingerprint density at radius 1 is 0.960 bits per heavy atom. The van der Waals surface area contributed by atoms with E-state index in [1.165, 1.54) is 63.7 Å². The van der Waals surface area contributed by atoms with Gasteiger partial charge in [-0.3, -0.25) is 0 Å². The highest BCUT2D eigenvalue weighted by Crippen LogP contribution is 2.38. The molecule has 1 aromatic carbocycles. The van der Waals surface area contributed by atoms with Gasteiger partial charge in [0.2, 0.25) is 8.32 Å². The average Bonchev–Trinajstić information content (AvgIpc) is 2.64. The Balaban J connectivity index is 0.00000225. The fourth-order valence-corrected chi connectivity index (χ4v) is 8.63. The molecule has 0 bridgehead atoms. The van der Waals surface area contributed by atoms with Crippen LogP contribution in [0, 0.1) is 5.82 Å². The van der Waals surface area contributed by atoms with E-state index in [4.69, 9.17) is 0 Å². The third-order valence-electron chi connectivity index (χ3n) is 6.11. The summed E-state index contributed by atoms with van der Waals surface area (Å²) in [5.41, 5.74) is 0.457. The van der Waals surface area contributed by atoms with Gasteiger partial charge in [-0.2, -0.15) is 0 Å². The minimum atomic E-state index is -2.53. The zero-order valence-electron chi connectivity index (χ0n) is 15.3. The van der Waals surface area contributed by atoms with Gasteiger partial charge in [-0.15, -0.1) is 12.4 Å². The standard InChI is InChI=1S/C20H32FNOSi.ClH/c21-18-10-12-20(13-11-18)24(23,19-8-3-1-4-9-19)17-7-16-22-14-5-2-6-15-22;/h10-13,19,23H,1-9,14-17H2;1H. The highest BCUT2D eigenvalue weighted by molar-refractivity contribution is 6.86. The fourth-order valence-electron chi connectivity index (χ4n) is 4.66. The van der Waals surface area contributed by atoms with Crippen LogP contribution < -0.4 is 5.19 Å². The third-order valence-corrected chi connectivity index (χ3v) is 10.5. The monoisotopic (exact) mass is 385 g/mol. The smallest absolute Gasteiger partial charge is 0.223 e. The number of hydrogen-bond acceptors (Lipinski definition) is 2. The van der Waals surface area contributed by atoms with Gasteiger partial charge >= 0.3 is 0 Å². The van der Waals surface area contributed by atoms with E-state index in [9.17, 15) is 9.19 Å². The minimum absolute atomic E-state index is 0. The number of hydrogen-bond donors (Lipinski definition) is 1. The van der Waals surface area contributed by atoms with E-state index < -0.39 is 8.32 Å². The molecule has 1 aromatic rings. The Labute approximate surface area is 159 Å². The molecular weight excluding hydrogens is 353 g/mol. The van der Waals surface area contributed by atoms with Gasteiger partial charge in [0.25, 0.3) is 0 Å². The largest absolute Gasteiger partial charge is 0.427 e. The SMILES string of the molecule is Cl.O[Si](CCCN1CCCCC1)(c1ccc(F)cc1)C1CCCCC1. The molecule has 1 saturated heterocycles. The molecule has 0 amide bonds. The molecule has 3 rings (SSSR count). The molecule has 142 valence electrons. The van der Waals surface area contributed by atoms with Crippen LogP contribution in [0.25, 0.3) is 0 Å². The lowest BCUT2D eigenvalue weighted by Gasteiger charge is -2.37. The molecule has 1 aliphatic heterocycles. The van der Waals surface area contributed by atoms with Crippen molar-refractivity contribution in [3.05, 3.63) is 30.1 Å². The first-order valence-electron chi connectivity index (χ1n) is 9.89. The minimum Gasteiger partial charge on any atom is -0.427 e. The Morgan fingerprint density at radius 3 is 2.20 bits per heavy atom. The number of halogens is 2. The second-order valence-corrected chi connectivity index (χ2v) is 11.5. The van der Waals surface area contributed by atoms with Crippen LogP contribution in [0.2, 0.25) is 11.6 Å². The topological polar surface area (TPSA) is 23.5 Å². The Morgan fingerprint density at radius 2 is 1.56 bits per heavy atom. The summed E-state index contributed by atoms with van der Waals surface area (Å²) in [6, 6.07) is 7.70. The van der Waals surface area contributed by atoms with Crippen molar-refractivity contribution in [2.24, 2.45) is 0 Å². The molecule has 2 aliphatic rings. The maximum absolute atomic E-state index is 13.3. The summed E-state index contributed by atoms with van der Waals surface area (Å²) in [7, 11) is -2.53. The maximum atomic E-state index is 13.3. The van der Waals surface area contributed by atoms with Gasteiger partial charge in [0.05, 0.1) is 0 Å². The highest BCUT2D eigenvalue weighted by Gasteiger charge is 2.41. The molecule has 1 N–H and O–H groups in total. The molecule has 5 heteroatoms. The number of rotatable bonds is 6. The van der Waals surface area contributed by atoms with Crippen molar-refractivity contribution in [2.45, 2.75) is 69.4 Å². The number of likely N-dealkylation sites (tertiary alicyclic amines) is 1. The van der Waals surface area contributed by atoms with Crippen molar-refractivity contribution in [1.82, 2.24) is 4.90 Å². The van der Waals surface area contributed by atoms with E-state index in [-0.39, 0.29) is 18.2 Å². The quantitative estimate of drug-likeness (QED) is 0.723. The summed E-state index contributed by atoms with van der Waals surface area (Å²) in [6.45, 7) is 3.56. The molecule has 1 aliphatic carbocycles. The van der Waals surface area contributed by atoms with Crippen LogP contribution in [0.3, 0.4) is 0 Å². The van der Waals surface area contributed by atoms with E-state index in [0.717, 1.165) is 37.0 Å². The Bertz CT molecular complexity index is 503. The van der Waals surface area contributed by atoms with E-state index in [2.05, 4.69) is 4.90 Å². The highest BCUT2D eigenvalue weighted by atomic mass is 35.5. The van der Waals surface area contributed by atoms with Crippen LogP contribution >= 0.6 is 12.4 Å². The van der Waals surface area contributed by atoms with Crippen LogP contribution in [-0.2, 0) is 0 Å². The first-order valence-corrected chi connectivity index (χ1v) is 12.1. The van der Waals surface area contributed by atoms with Gasteiger partial charge < -0.3 is 9.70 Å². The third kappa shape index (κ3) is 5.52. The molecular formula is C20H33ClFNOSi.